The first-order valence-corrected chi connectivity index (χ1v) is 17.8. The summed E-state index contributed by atoms with van der Waals surface area (Å²) in [4.78, 5) is 0. The molecule has 1 aromatic rings. The Bertz CT molecular complexity index is 887. The van der Waals surface area contributed by atoms with Crippen molar-refractivity contribution in [3.8, 4) is 0 Å². The highest BCUT2D eigenvalue weighted by Crippen LogP contribution is 2.36. The van der Waals surface area contributed by atoms with Gasteiger partial charge >= 0.3 is 0 Å². The van der Waals surface area contributed by atoms with E-state index in [1.807, 2.05) is 13.8 Å². The Hall–Kier alpha value is -1.13. The summed E-state index contributed by atoms with van der Waals surface area (Å²) in [6.45, 7) is 35.2. The lowest BCUT2D eigenvalue weighted by Crippen LogP contribution is -2.32. The van der Waals surface area contributed by atoms with Gasteiger partial charge in [-0.3, -0.25) is 0 Å². The van der Waals surface area contributed by atoms with E-state index in [4.69, 9.17) is 0 Å². The van der Waals surface area contributed by atoms with Crippen LogP contribution < -0.4 is 4.72 Å². The summed E-state index contributed by atoms with van der Waals surface area (Å²) in [5, 5.41) is -0.0881. The molecule has 3 nitrogen and oxygen atoms in total. The van der Waals surface area contributed by atoms with Crippen LogP contribution in [0.15, 0.2) is 36.4 Å². The zero-order chi connectivity index (χ0) is 32.6. The van der Waals surface area contributed by atoms with Crippen molar-refractivity contribution in [1.82, 2.24) is 4.72 Å². The summed E-state index contributed by atoms with van der Waals surface area (Å²) >= 11 is 0. The van der Waals surface area contributed by atoms with Crippen LogP contribution in [0.25, 0.3) is 0 Å². The molecule has 0 unspecified atom stereocenters. The molecule has 0 amide bonds. The Kier molecular flexibility index (Phi) is 20.4. The molecule has 1 fully saturated rings. The zero-order valence-corrected chi connectivity index (χ0v) is 31.0. The fraction of sp³-hybridized carbons (Fsp3) is 0.784. The predicted octanol–water partition coefficient (Wildman–Crippen LogP) is 11.5. The Morgan fingerprint density at radius 1 is 0.805 bits per heavy atom. The molecule has 0 heterocycles. The Labute approximate surface area is 258 Å². The van der Waals surface area contributed by atoms with Crippen molar-refractivity contribution in [2.24, 2.45) is 22.7 Å². The Morgan fingerprint density at radius 3 is 1.54 bits per heavy atom. The van der Waals surface area contributed by atoms with Crippen LogP contribution in [-0.4, -0.2) is 19.7 Å². The van der Waals surface area contributed by atoms with Crippen molar-refractivity contribution < 1.29 is 8.42 Å². The maximum Gasteiger partial charge on any atom is 0.214 e. The summed E-state index contributed by atoms with van der Waals surface area (Å²) in [7, 11) is -2.94. The highest BCUT2D eigenvalue weighted by Gasteiger charge is 2.35. The van der Waals surface area contributed by atoms with Crippen molar-refractivity contribution in [1.29, 1.82) is 0 Å². The molecule has 1 saturated carbocycles. The first kappa shape index (κ1) is 42.0. The summed E-state index contributed by atoms with van der Waals surface area (Å²) < 4.78 is 24.7. The molecule has 1 aliphatic rings. The van der Waals surface area contributed by atoms with Gasteiger partial charge in [0.05, 0.1) is 5.25 Å². The number of allylic oxidation sites excluding steroid dienone is 2. The third-order valence-corrected chi connectivity index (χ3v) is 9.68. The maximum atomic E-state index is 11.1. The molecular weight excluding hydrogens is 522 g/mol. The van der Waals surface area contributed by atoms with Gasteiger partial charge in [-0.1, -0.05) is 140 Å². The molecule has 1 N–H and O–H groups in total. The van der Waals surface area contributed by atoms with Crippen molar-refractivity contribution in [3.05, 3.63) is 47.5 Å². The van der Waals surface area contributed by atoms with Crippen LogP contribution in [0.1, 0.15) is 166 Å². The molecule has 0 radical (unpaired) electrons. The maximum absolute atomic E-state index is 11.1. The number of hydrogen-bond donors (Lipinski definition) is 1. The van der Waals surface area contributed by atoms with Crippen LogP contribution in [0, 0.1) is 22.7 Å². The van der Waals surface area contributed by atoms with Gasteiger partial charge in [-0.2, -0.15) is 0 Å². The van der Waals surface area contributed by atoms with Crippen LogP contribution in [-0.2, 0) is 10.0 Å². The van der Waals surface area contributed by atoms with Gasteiger partial charge in [0.15, 0.2) is 0 Å². The van der Waals surface area contributed by atoms with Crippen molar-refractivity contribution in [2.75, 3.05) is 0 Å². The summed E-state index contributed by atoms with van der Waals surface area (Å²) in [5.41, 5.74) is 3.77. The van der Waals surface area contributed by atoms with Crippen LogP contribution in [0.3, 0.4) is 0 Å². The second kappa shape index (κ2) is 19.9. The van der Waals surface area contributed by atoms with Crippen molar-refractivity contribution in [3.63, 3.8) is 0 Å². The molecule has 2 rings (SSSR count). The lowest BCUT2D eigenvalue weighted by molar-refractivity contribution is 0.157. The fourth-order valence-corrected chi connectivity index (χ4v) is 4.70. The van der Waals surface area contributed by atoms with E-state index in [9.17, 15) is 8.42 Å². The molecule has 0 spiro atoms. The lowest BCUT2D eigenvalue weighted by Gasteiger charge is -2.34. The molecule has 0 atom stereocenters. The minimum atomic E-state index is -2.94. The minimum Gasteiger partial charge on any atom is -0.212 e. The first-order chi connectivity index (χ1) is 18.5. The molecule has 242 valence electrons. The average Bonchev–Trinajstić information content (AvgIpc) is 3.64. The van der Waals surface area contributed by atoms with E-state index < -0.39 is 10.0 Å². The van der Waals surface area contributed by atoms with E-state index in [1.165, 1.54) is 30.4 Å². The average molecular weight is 594 g/mol. The smallest absolute Gasteiger partial charge is 0.212 e. The number of hydrogen-bond acceptors (Lipinski definition) is 2. The van der Waals surface area contributed by atoms with E-state index >= 15 is 0 Å². The van der Waals surface area contributed by atoms with E-state index in [-0.39, 0.29) is 11.3 Å². The van der Waals surface area contributed by atoms with Crippen LogP contribution >= 0.6 is 0 Å². The third-order valence-electron chi connectivity index (χ3n) is 7.53. The van der Waals surface area contributed by atoms with Gasteiger partial charge < -0.3 is 0 Å². The minimum absolute atomic E-state index is 0.0330. The number of sulfonamides is 1. The first-order valence-electron chi connectivity index (χ1n) is 16.3. The van der Waals surface area contributed by atoms with Gasteiger partial charge in [0.1, 0.15) is 0 Å². The largest absolute Gasteiger partial charge is 0.214 e. The van der Waals surface area contributed by atoms with Gasteiger partial charge in [-0.25, -0.2) is 13.1 Å². The van der Waals surface area contributed by atoms with E-state index in [0.29, 0.717) is 28.6 Å². The van der Waals surface area contributed by atoms with Crippen molar-refractivity contribution >= 4 is 10.0 Å². The van der Waals surface area contributed by atoms with Gasteiger partial charge in [0.25, 0.3) is 0 Å². The quantitative estimate of drug-likeness (QED) is 0.217. The van der Waals surface area contributed by atoms with Crippen LogP contribution in [0.2, 0.25) is 0 Å². The number of unbranched alkanes of at least 4 members (excludes halogenated alkanes) is 1. The predicted molar refractivity (Wildman–Crippen MR) is 186 cm³/mol. The molecule has 0 bridgehead atoms. The molecule has 1 aromatic carbocycles. The zero-order valence-electron chi connectivity index (χ0n) is 30.2. The van der Waals surface area contributed by atoms with Crippen molar-refractivity contribution in [2.45, 2.75) is 166 Å². The van der Waals surface area contributed by atoms with Gasteiger partial charge in [0, 0.05) is 6.04 Å². The van der Waals surface area contributed by atoms with Gasteiger partial charge in [-0.15, -0.1) is 0 Å². The van der Waals surface area contributed by atoms with Gasteiger partial charge in [-0.05, 0) is 85.2 Å². The second-order valence-electron chi connectivity index (χ2n) is 15.5. The third kappa shape index (κ3) is 23.1. The summed E-state index contributed by atoms with van der Waals surface area (Å²) in [6, 6.07) is 8.91. The topological polar surface area (TPSA) is 46.2 Å². The molecule has 41 heavy (non-hydrogen) atoms. The standard InChI is InChI=1S/C12H18.C11H22.C8H18.C6H13NO2S/c1-9(2)11-6-5-7-12(8-11)10(3)4;1-10(2)8-6-5-7-9-11(3)4;1-7(2,3)8(4,5)6;1-5(2)7-10(8,9)6-3-4-6/h5-10H,1-4H3;6,8,10-11H,5,7,9H2,1-4H3;1-6H3;5-7H,3-4H2,1-2H3/b;8-6+;;. The number of rotatable bonds is 10. The molecule has 0 aromatic heterocycles. The highest BCUT2D eigenvalue weighted by molar-refractivity contribution is 7.90. The summed E-state index contributed by atoms with van der Waals surface area (Å²) in [6.07, 6.45) is 10.2. The molecule has 4 heteroatoms. The van der Waals surface area contributed by atoms with Crippen LogP contribution in [0.4, 0.5) is 0 Å². The fourth-order valence-electron chi connectivity index (χ4n) is 3.09. The molecule has 0 aliphatic heterocycles. The van der Waals surface area contributed by atoms with E-state index in [1.54, 1.807) is 0 Å². The number of nitrogens with one attached hydrogen (secondary N) is 1. The molecule has 0 saturated heterocycles. The molecule has 1 aliphatic carbocycles. The Balaban J connectivity index is 0. The van der Waals surface area contributed by atoms with Crippen LogP contribution in [0.5, 0.6) is 0 Å². The monoisotopic (exact) mass is 594 g/mol. The van der Waals surface area contributed by atoms with E-state index in [2.05, 4.69) is 138 Å². The summed E-state index contributed by atoms with van der Waals surface area (Å²) in [5.74, 6) is 2.86. The highest BCUT2D eigenvalue weighted by atomic mass is 32.2. The van der Waals surface area contributed by atoms with Gasteiger partial charge in [0.2, 0.25) is 10.0 Å². The normalized spacial score (nSPS) is 14.2. The SMILES string of the molecule is CC(C)(C)C(C)(C)C.CC(C)/C=C/CCCC(C)C.CC(C)NS(=O)(=O)C1CC1.CC(C)c1cccc(C(C)C)c1. The molecular formula is C37H71NO2S. The Morgan fingerprint density at radius 2 is 1.24 bits per heavy atom. The van der Waals surface area contributed by atoms with E-state index in [0.717, 1.165) is 18.8 Å². The number of benzene rings is 1. The second-order valence-corrected chi connectivity index (χ2v) is 17.5. The lowest BCUT2D eigenvalue weighted by atomic mass is 9.71.